The molecule has 1 aliphatic heterocycles. The number of aryl methyl sites for hydroxylation is 1. The Labute approximate surface area is 224 Å². The van der Waals surface area contributed by atoms with Gasteiger partial charge in [-0.3, -0.25) is 9.25 Å². The van der Waals surface area contributed by atoms with Crippen molar-refractivity contribution in [2.24, 2.45) is 7.05 Å². The second kappa shape index (κ2) is 10.2. The molecule has 1 aliphatic rings. The van der Waals surface area contributed by atoms with Gasteiger partial charge in [0.2, 0.25) is 0 Å². The predicted molar refractivity (Wildman–Crippen MR) is 148 cm³/mol. The first-order chi connectivity index (χ1) is 18.0. The molecule has 0 radical (unpaired) electrons. The van der Waals surface area contributed by atoms with Gasteiger partial charge < -0.3 is 14.8 Å². The first-order valence-corrected chi connectivity index (χ1v) is 13.7. The van der Waals surface area contributed by atoms with Gasteiger partial charge in [-0.15, -0.1) is 11.3 Å². The molecule has 0 aliphatic carbocycles. The summed E-state index contributed by atoms with van der Waals surface area (Å²) in [4.78, 5) is 4.64. The van der Waals surface area contributed by atoms with Crippen LogP contribution >= 0.6 is 22.9 Å². The fourth-order valence-corrected chi connectivity index (χ4v) is 5.86. The molecule has 9 heteroatoms. The number of halogens is 1. The van der Waals surface area contributed by atoms with E-state index in [9.17, 15) is 0 Å². The normalized spacial score (nSPS) is 15.2. The Morgan fingerprint density at radius 1 is 1.14 bits per heavy atom. The SMILES string of the molecule is CC(Oc1csc(-n2cnc3cc(-c4cnn(C)c4)ccc32)c1)c1cccc(OC2CCNCC2)c1Cl. The van der Waals surface area contributed by atoms with Crippen LogP contribution in [-0.2, 0) is 7.05 Å². The van der Waals surface area contributed by atoms with E-state index in [-0.39, 0.29) is 12.2 Å². The fraction of sp³-hybridized carbons (Fsp3) is 0.286. The average Bonchev–Trinajstić information content (AvgIpc) is 3.65. The van der Waals surface area contributed by atoms with Crippen molar-refractivity contribution in [1.29, 1.82) is 0 Å². The molecule has 6 rings (SSSR count). The van der Waals surface area contributed by atoms with E-state index in [1.165, 1.54) is 0 Å². The van der Waals surface area contributed by atoms with Crippen molar-refractivity contribution >= 4 is 34.0 Å². The predicted octanol–water partition coefficient (Wildman–Crippen LogP) is 6.41. The van der Waals surface area contributed by atoms with Gasteiger partial charge in [-0.1, -0.05) is 29.8 Å². The van der Waals surface area contributed by atoms with E-state index >= 15 is 0 Å². The van der Waals surface area contributed by atoms with Crippen molar-refractivity contribution in [3.8, 4) is 27.6 Å². The van der Waals surface area contributed by atoms with Crippen LogP contribution in [0.2, 0.25) is 5.02 Å². The molecule has 1 N–H and O–H groups in total. The molecule has 1 atom stereocenters. The Morgan fingerprint density at radius 3 is 2.81 bits per heavy atom. The molecule has 2 aromatic carbocycles. The Kier molecular flexibility index (Phi) is 6.63. The summed E-state index contributed by atoms with van der Waals surface area (Å²) in [5.74, 6) is 1.52. The molecule has 7 nitrogen and oxygen atoms in total. The minimum absolute atomic E-state index is 0.190. The van der Waals surface area contributed by atoms with Crippen molar-refractivity contribution in [2.75, 3.05) is 13.1 Å². The molecule has 0 amide bonds. The van der Waals surface area contributed by atoms with Gasteiger partial charge in [-0.05, 0) is 56.6 Å². The summed E-state index contributed by atoms with van der Waals surface area (Å²) < 4.78 is 16.4. The van der Waals surface area contributed by atoms with Crippen molar-refractivity contribution < 1.29 is 9.47 Å². The summed E-state index contributed by atoms with van der Waals surface area (Å²) in [6.45, 7) is 3.96. The maximum absolute atomic E-state index is 6.76. The number of benzene rings is 2. The first-order valence-electron chi connectivity index (χ1n) is 12.4. The topological polar surface area (TPSA) is 66.1 Å². The lowest BCUT2D eigenvalue weighted by molar-refractivity contribution is 0.161. The third-order valence-electron chi connectivity index (χ3n) is 6.71. The highest BCUT2D eigenvalue weighted by molar-refractivity contribution is 7.12. The molecular weight excluding hydrogens is 506 g/mol. The fourth-order valence-electron chi connectivity index (χ4n) is 4.73. The van der Waals surface area contributed by atoms with Crippen LogP contribution in [0.3, 0.4) is 0 Å². The van der Waals surface area contributed by atoms with Gasteiger partial charge in [0.25, 0.3) is 0 Å². The highest BCUT2D eigenvalue weighted by Gasteiger charge is 2.20. The van der Waals surface area contributed by atoms with Crippen molar-refractivity contribution in [1.82, 2.24) is 24.6 Å². The molecule has 0 spiro atoms. The number of thiophene rings is 1. The van der Waals surface area contributed by atoms with Crippen LogP contribution in [0.1, 0.15) is 31.4 Å². The molecule has 5 aromatic rings. The number of hydrogen-bond donors (Lipinski definition) is 1. The number of nitrogens with zero attached hydrogens (tertiary/aromatic N) is 4. The standard InChI is InChI=1S/C28H28ClN5O2S/c1-18(23-4-3-5-26(28(23)29)36-21-8-10-30-11-9-21)35-22-13-27(37-16-22)34-17-31-24-12-19(6-7-25(24)34)20-14-32-33(2)15-20/h3-7,12-18,21,30H,8-11H2,1-2H3. The zero-order valence-electron chi connectivity index (χ0n) is 20.7. The molecule has 1 saturated heterocycles. The number of imidazole rings is 1. The summed E-state index contributed by atoms with van der Waals surface area (Å²) in [6.07, 6.45) is 7.65. The zero-order valence-corrected chi connectivity index (χ0v) is 22.3. The van der Waals surface area contributed by atoms with Gasteiger partial charge in [-0.2, -0.15) is 5.10 Å². The Morgan fingerprint density at radius 2 is 2.00 bits per heavy atom. The summed E-state index contributed by atoms with van der Waals surface area (Å²) in [6, 6.07) is 14.3. The lowest BCUT2D eigenvalue weighted by Gasteiger charge is -2.25. The van der Waals surface area contributed by atoms with E-state index < -0.39 is 0 Å². The number of hydrogen-bond acceptors (Lipinski definition) is 6. The molecule has 0 bridgehead atoms. The molecule has 0 saturated carbocycles. The molecule has 37 heavy (non-hydrogen) atoms. The number of nitrogens with one attached hydrogen (secondary N) is 1. The molecule has 1 unspecified atom stereocenters. The lowest BCUT2D eigenvalue weighted by Crippen LogP contribution is -2.34. The van der Waals surface area contributed by atoms with E-state index in [0.717, 1.165) is 70.2 Å². The lowest BCUT2D eigenvalue weighted by atomic mass is 10.1. The highest BCUT2D eigenvalue weighted by atomic mass is 35.5. The highest BCUT2D eigenvalue weighted by Crippen LogP contribution is 2.37. The van der Waals surface area contributed by atoms with Crippen molar-refractivity contribution in [2.45, 2.75) is 32.0 Å². The number of piperidine rings is 1. The largest absolute Gasteiger partial charge is 0.489 e. The Hall–Kier alpha value is -3.33. The second-order valence-corrected chi connectivity index (χ2v) is 10.6. The summed E-state index contributed by atoms with van der Waals surface area (Å²) in [7, 11) is 1.92. The average molecular weight is 534 g/mol. The summed E-state index contributed by atoms with van der Waals surface area (Å²) in [5, 5.41) is 11.3. The third kappa shape index (κ3) is 4.97. The van der Waals surface area contributed by atoms with Crippen LogP contribution in [0, 0.1) is 0 Å². The molecule has 190 valence electrons. The quantitative estimate of drug-likeness (QED) is 0.262. The van der Waals surface area contributed by atoms with Gasteiger partial charge >= 0.3 is 0 Å². The number of ether oxygens (including phenoxy) is 2. The van der Waals surface area contributed by atoms with E-state index in [4.69, 9.17) is 21.1 Å². The van der Waals surface area contributed by atoms with E-state index in [1.54, 1.807) is 16.0 Å². The summed E-state index contributed by atoms with van der Waals surface area (Å²) in [5.41, 5.74) is 5.06. The van der Waals surface area contributed by atoms with Crippen LogP contribution in [-0.4, -0.2) is 38.5 Å². The smallest absolute Gasteiger partial charge is 0.138 e. The molecular formula is C28H28ClN5O2S. The Bertz CT molecular complexity index is 1530. The van der Waals surface area contributed by atoms with Crippen LogP contribution < -0.4 is 14.8 Å². The maximum atomic E-state index is 6.76. The number of fused-ring (bicyclic) bond motifs is 1. The Balaban J connectivity index is 1.19. The second-order valence-electron chi connectivity index (χ2n) is 9.33. The van der Waals surface area contributed by atoms with Crippen LogP contribution in [0.5, 0.6) is 11.5 Å². The monoisotopic (exact) mass is 533 g/mol. The molecule has 4 heterocycles. The van der Waals surface area contributed by atoms with Crippen LogP contribution in [0.4, 0.5) is 0 Å². The van der Waals surface area contributed by atoms with Crippen molar-refractivity contribution in [3.05, 3.63) is 77.2 Å². The first kappa shape index (κ1) is 24.0. The van der Waals surface area contributed by atoms with E-state index in [2.05, 4.69) is 38.2 Å². The van der Waals surface area contributed by atoms with Gasteiger partial charge in [0.15, 0.2) is 0 Å². The third-order valence-corrected chi connectivity index (χ3v) is 8.02. The van der Waals surface area contributed by atoms with Crippen LogP contribution in [0.25, 0.3) is 27.2 Å². The van der Waals surface area contributed by atoms with E-state index in [0.29, 0.717) is 5.02 Å². The van der Waals surface area contributed by atoms with Crippen LogP contribution in [0.15, 0.2) is 66.6 Å². The minimum Gasteiger partial charge on any atom is -0.489 e. The number of aromatic nitrogens is 4. The zero-order chi connectivity index (χ0) is 25.4. The van der Waals surface area contributed by atoms with Gasteiger partial charge in [0, 0.05) is 35.8 Å². The van der Waals surface area contributed by atoms with Gasteiger partial charge in [0.1, 0.15) is 35.0 Å². The number of rotatable bonds is 7. The van der Waals surface area contributed by atoms with Crippen molar-refractivity contribution in [3.63, 3.8) is 0 Å². The molecule has 1 fully saturated rings. The van der Waals surface area contributed by atoms with Gasteiger partial charge in [0.05, 0.1) is 22.3 Å². The minimum atomic E-state index is -0.229. The molecule has 3 aromatic heterocycles. The maximum Gasteiger partial charge on any atom is 0.138 e. The summed E-state index contributed by atoms with van der Waals surface area (Å²) >= 11 is 8.38. The van der Waals surface area contributed by atoms with Gasteiger partial charge in [-0.25, -0.2) is 4.98 Å². The van der Waals surface area contributed by atoms with E-state index in [1.807, 2.05) is 62.3 Å².